The molecule has 6 nitrogen and oxygen atoms in total. The van der Waals surface area contributed by atoms with Crippen molar-refractivity contribution in [2.75, 3.05) is 11.3 Å². The molecular weight excluding hydrogens is 444 g/mol. The Morgan fingerprint density at radius 1 is 1.21 bits per heavy atom. The van der Waals surface area contributed by atoms with Crippen LogP contribution in [0.5, 0.6) is 0 Å². The second-order valence-electron chi connectivity index (χ2n) is 6.92. The number of sulfonamides is 1. The van der Waals surface area contributed by atoms with E-state index in [1.807, 2.05) is 19.1 Å². The van der Waals surface area contributed by atoms with E-state index in [0.717, 1.165) is 34.9 Å². The summed E-state index contributed by atoms with van der Waals surface area (Å²) in [5, 5.41) is 9.45. The fourth-order valence-corrected chi connectivity index (χ4v) is 4.88. The van der Waals surface area contributed by atoms with Gasteiger partial charge in [0.15, 0.2) is 0 Å². The summed E-state index contributed by atoms with van der Waals surface area (Å²) in [6, 6.07) is 11.9. The second kappa shape index (κ2) is 8.53. The van der Waals surface area contributed by atoms with Crippen LogP contribution in [0.2, 0.25) is 0 Å². The molecule has 0 aliphatic heterocycles. The molecule has 0 aromatic heterocycles. The van der Waals surface area contributed by atoms with E-state index >= 15 is 0 Å². The first kappa shape index (κ1) is 20.7. The van der Waals surface area contributed by atoms with Gasteiger partial charge < -0.3 is 10.0 Å². The number of halogens is 1. The van der Waals surface area contributed by atoms with E-state index in [1.165, 1.54) is 4.90 Å². The van der Waals surface area contributed by atoms with Gasteiger partial charge >= 0.3 is 6.09 Å². The Kier molecular flexibility index (Phi) is 6.30. The van der Waals surface area contributed by atoms with E-state index in [9.17, 15) is 18.3 Å². The predicted molar refractivity (Wildman–Crippen MR) is 112 cm³/mol. The number of aryl methyl sites for hydroxylation is 1. The van der Waals surface area contributed by atoms with Crippen molar-refractivity contribution < 1.29 is 18.3 Å². The third kappa shape index (κ3) is 4.67. The molecule has 1 aliphatic carbocycles. The molecule has 0 heterocycles. The van der Waals surface area contributed by atoms with Gasteiger partial charge in [-0.3, -0.25) is 4.72 Å². The van der Waals surface area contributed by atoms with Gasteiger partial charge in [0.05, 0.1) is 4.90 Å². The number of benzene rings is 2. The summed E-state index contributed by atoms with van der Waals surface area (Å²) in [7, 11) is -3.66. The van der Waals surface area contributed by atoms with Crippen LogP contribution >= 0.6 is 15.9 Å². The zero-order valence-electron chi connectivity index (χ0n) is 15.6. The minimum Gasteiger partial charge on any atom is -0.465 e. The van der Waals surface area contributed by atoms with Crippen LogP contribution in [0.3, 0.4) is 0 Å². The molecule has 0 saturated carbocycles. The lowest BCUT2D eigenvalue weighted by Gasteiger charge is -2.33. The zero-order chi connectivity index (χ0) is 20.3. The summed E-state index contributed by atoms with van der Waals surface area (Å²) in [5.41, 5.74) is 2.66. The van der Waals surface area contributed by atoms with Gasteiger partial charge in [-0.05, 0) is 73.2 Å². The Morgan fingerprint density at radius 3 is 2.57 bits per heavy atom. The van der Waals surface area contributed by atoms with Crippen LogP contribution in [0.25, 0.3) is 0 Å². The lowest BCUT2D eigenvalue weighted by Crippen LogP contribution is -2.43. The van der Waals surface area contributed by atoms with Gasteiger partial charge in [0.1, 0.15) is 0 Å². The Bertz CT molecular complexity index is 961. The van der Waals surface area contributed by atoms with Crippen molar-refractivity contribution >= 4 is 37.7 Å². The third-order valence-corrected chi connectivity index (χ3v) is 6.86. The maximum Gasteiger partial charge on any atom is 0.407 e. The molecule has 3 rings (SSSR count). The summed E-state index contributed by atoms with van der Waals surface area (Å²) in [6.45, 7) is 2.50. The highest BCUT2D eigenvalue weighted by Gasteiger charge is 2.27. The van der Waals surface area contributed by atoms with Crippen molar-refractivity contribution in [3.63, 3.8) is 0 Å². The van der Waals surface area contributed by atoms with Crippen molar-refractivity contribution in [3.8, 4) is 0 Å². The van der Waals surface area contributed by atoms with Gasteiger partial charge in [0, 0.05) is 22.7 Å². The summed E-state index contributed by atoms with van der Waals surface area (Å²) in [6.07, 6.45) is 2.02. The van der Waals surface area contributed by atoms with Crippen LogP contribution in [0.1, 0.15) is 30.9 Å². The van der Waals surface area contributed by atoms with E-state index in [-0.39, 0.29) is 10.9 Å². The Morgan fingerprint density at radius 2 is 1.93 bits per heavy atom. The molecule has 8 heteroatoms. The van der Waals surface area contributed by atoms with E-state index < -0.39 is 16.1 Å². The molecule has 1 aliphatic rings. The molecule has 0 saturated heterocycles. The molecule has 2 aromatic carbocycles. The number of anilines is 1. The number of hydrogen-bond donors (Lipinski definition) is 2. The molecule has 0 radical (unpaired) electrons. The van der Waals surface area contributed by atoms with E-state index in [0.29, 0.717) is 18.7 Å². The van der Waals surface area contributed by atoms with Crippen molar-refractivity contribution in [1.82, 2.24) is 4.90 Å². The fourth-order valence-electron chi connectivity index (χ4n) is 3.57. The van der Waals surface area contributed by atoms with Gasteiger partial charge in [-0.25, -0.2) is 13.2 Å². The predicted octanol–water partition coefficient (Wildman–Crippen LogP) is 4.50. The van der Waals surface area contributed by atoms with E-state index in [2.05, 4.69) is 20.7 Å². The molecule has 0 spiro atoms. The van der Waals surface area contributed by atoms with Gasteiger partial charge in [-0.15, -0.1) is 0 Å². The van der Waals surface area contributed by atoms with Crippen LogP contribution in [0.4, 0.5) is 10.5 Å². The van der Waals surface area contributed by atoms with Gasteiger partial charge in [0.25, 0.3) is 10.0 Å². The SMILES string of the molecule is CCCN(C(=O)O)[C@@H]1CCc2cc(NS(=O)(=O)c3ccc(Br)cc3)ccc2C1. The maximum atomic E-state index is 12.6. The fraction of sp³-hybridized carbons (Fsp3) is 0.350. The first-order chi connectivity index (χ1) is 13.3. The molecule has 1 atom stereocenters. The quantitative estimate of drug-likeness (QED) is 0.655. The number of fused-ring (bicyclic) bond motifs is 1. The van der Waals surface area contributed by atoms with Crippen molar-refractivity contribution in [3.05, 3.63) is 58.1 Å². The number of carboxylic acid groups (broad SMARTS) is 1. The van der Waals surface area contributed by atoms with Crippen LogP contribution in [0, 0.1) is 0 Å². The molecule has 0 fully saturated rings. The molecule has 0 bridgehead atoms. The Balaban J connectivity index is 1.76. The molecule has 0 unspecified atom stereocenters. The number of amides is 1. The minimum atomic E-state index is -3.66. The Labute approximate surface area is 173 Å². The number of carbonyl (C=O) groups is 1. The van der Waals surface area contributed by atoms with E-state index in [4.69, 9.17) is 0 Å². The molecule has 1 amide bonds. The van der Waals surface area contributed by atoms with Crippen LogP contribution in [-0.4, -0.2) is 37.1 Å². The second-order valence-corrected chi connectivity index (χ2v) is 9.51. The number of hydrogen-bond acceptors (Lipinski definition) is 3. The van der Waals surface area contributed by atoms with Crippen LogP contribution in [-0.2, 0) is 22.9 Å². The highest BCUT2D eigenvalue weighted by Crippen LogP contribution is 2.28. The third-order valence-electron chi connectivity index (χ3n) is 4.94. The summed E-state index contributed by atoms with van der Waals surface area (Å²) >= 11 is 3.30. The minimum absolute atomic E-state index is 0.0322. The molecule has 150 valence electrons. The van der Waals surface area contributed by atoms with Crippen LogP contribution in [0.15, 0.2) is 51.8 Å². The van der Waals surface area contributed by atoms with Crippen molar-refractivity contribution in [2.24, 2.45) is 0 Å². The smallest absolute Gasteiger partial charge is 0.407 e. The summed E-state index contributed by atoms with van der Waals surface area (Å²) in [4.78, 5) is 13.2. The van der Waals surface area contributed by atoms with Crippen LogP contribution < -0.4 is 4.72 Å². The Hall–Kier alpha value is -2.06. The topological polar surface area (TPSA) is 86.7 Å². The van der Waals surface area contributed by atoms with Crippen molar-refractivity contribution in [2.45, 2.75) is 43.5 Å². The average Bonchev–Trinajstić information content (AvgIpc) is 2.65. The summed E-state index contributed by atoms with van der Waals surface area (Å²) in [5.74, 6) is 0. The summed E-state index contributed by atoms with van der Waals surface area (Å²) < 4.78 is 28.6. The molecular formula is C20H23BrN2O4S. The number of rotatable bonds is 6. The zero-order valence-corrected chi connectivity index (χ0v) is 18.0. The van der Waals surface area contributed by atoms with Gasteiger partial charge in [0.2, 0.25) is 0 Å². The monoisotopic (exact) mass is 466 g/mol. The average molecular weight is 467 g/mol. The normalized spacial score (nSPS) is 16.3. The largest absolute Gasteiger partial charge is 0.465 e. The highest BCUT2D eigenvalue weighted by atomic mass is 79.9. The molecule has 2 N–H and O–H groups in total. The number of nitrogens with one attached hydrogen (secondary N) is 1. The van der Waals surface area contributed by atoms with Gasteiger partial charge in [-0.1, -0.05) is 28.9 Å². The molecule has 28 heavy (non-hydrogen) atoms. The molecule has 2 aromatic rings. The highest BCUT2D eigenvalue weighted by molar-refractivity contribution is 9.10. The maximum absolute atomic E-state index is 12.6. The van der Waals surface area contributed by atoms with E-state index in [1.54, 1.807) is 30.3 Å². The lowest BCUT2D eigenvalue weighted by molar-refractivity contribution is 0.119. The van der Waals surface area contributed by atoms with Gasteiger partial charge in [-0.2, -0.15) is 0 Å². The lowest BCUT2D eigenvalue weighted by atomic mass is 9.87. The first-order valence-corrected chi connectivity index (χ1v) is 11.5. The van der Waals surface area contributed by atoms with Crippen molar-refractivity contribution in [1.29, 1.82) is 0 Å². The first-order valence-electron chi connectivity index (χ1n) is 9.20. The number of nitrogens with zero attached hydrogens (tertiary/aromatic N) is 1. The standard InChI is InChI=1S/C20H23BrN2O4S/c1-2-11-23(20(24)25)18-8-4-14-12-17(7-3-15(14)13-18)22-28(26,27)19-9-5-16(21)6-10-19/h3,5-7,9-10,12,18,22H,2,4,8,11,13H2,1H3,(H,24,25)/t18-/m1/s1.